The number of rotatable bonds is 8. The molecule has 0 aliphatic heterocycles. The second-order valence-electron chi connectivity index (χ2n) is 4.53. The van der Waals surface area contributed by atoms with E-state index in [2.05, 4.69) is 10.5 Å². The van der Waals surface area contributed by atoms with Gasteiger partial charge < -0.3 is 19.7 Å². The molecule has 2 aromatic rings. The Hall–Kier alpha value is -1.89. The van der Waals surface area contributed by atoms with Gasteiger partial charge in [-0.3, -0.25) is 4.79 Å². The highest BCUT2D eigenvalue weighted by molar-refractivity contribution is 6.30. The van der Waals surface area contributed by atoms with Crippen molar-refractivity contribution in [3.63, 3.8) is 0 Å². The average Bonchev–Trinajstić information content (AvgIpc) is 3.01. The molecule has 6 nitrogen and oxygen atoms in total. The van der Waals surface area contributed by atoms with E-state index in [1.54, 1.807) is 24.3 Å². The Morgan fingerprint density at radius 1 is 1.32 bits per heavy atom. The van der Waals surface area contributed by atoms with Crippen LogP contribution in [0.25, 0.3) is 11.3 Å². The van der Waals surface area contributed by atoms with Crippen LogP contribution in [0.2, 0.25) is 5.02 Å². The summed E-state index contributed by atoms with van der Waals surface area (Å²) in [6, 6.07) is 7.01. The lowest BCUT2D eigenvalue weighted by molar-refractivity contribution is 0.0867. The number of hydrogen-bond donors (Lipinski definition) is 2. The Kier molecular flexibility index (Phi) is 6.39. The van der Waals surface area contributed by atoms with E-state index in [1.165, 1.54) is 6.26 Å². The van der Waals surface area contributed by atoms with Crippen LogP contribution < -0.4 is 5.32 Å². The fraction of sp³-hybridized carbons (Fsp3) is 0.333. The molecule has 1 heterocycles. The molecule has 0 bridgehead atoms. The number of carbonyl (C=O) groups is 1. The van der Waals surface area contributed by atoms with Crippen molar-refractivity contribution < 1.29 is 19.2 Å². The van der Waals surface area contributed by atoms with Crippen LogP contribution in [0.5, 0.6) is 0 Å². The first-order valence-corrected chi connectivity index (χ1v) is 7.27. The maximum absolute atomic E-state index is 12.1. The number of halogens is 1. The molecule has 1 aromatic carbocycles. The summed E-state index contributed by atoms with van der Waals surface area (Å²) in [5.41, 5.74) is 1.61. The first-order chi connectivity index (χ1) is 10.7. The molecule has 0 radical (unpaired) electrons. The number of ether oxygens (including phenoxy) is 1. The van der Waals surface area contributed by atoms with Crippen LogP contribution in [0.1, 0.15) is 16.8 Å². The van der Waals surface area contributed by atoms with Gasteiger partial charge in [0, 0.05) is 23.7 Å². The van der Waals surface area contributed by atoms with E-state index >= 15 is 0 Å². The van der Waals surface area contributed by atoms with Crippen molar-refractivity contribution in [2.45, 2.75) is 6.42 Å². The lowest BCUT2D eigenvalue weighted by Gasteiger charge is -2.05. The fourth-order valence-corrected chi connectivity index (χ4v) is 1.98. The normalized spacial score (nSPS) is 10.6. The van der Waals surface area contributed by atoms with E-state index in [-0.39, 0.29) is 12.5 Å². The minimum Gasteiger partial charge on any atom is -0.394 e. The van der Waals surface area contributed by atoms with Gasteiger partial charge in [0.25, 0.3) is 5.91 Å². The van der Waals surface area contributed by atoms with Crippen molar-refractivity contribution in [2.24, 2.45) is 0 Å². The zero-order valence-corrected chi connectivity index (χ0v) is 12.7. The molecule has 22 heavy (non-hydrogen) atoms. The van der Waals surface area contributed by atoms with Gasteiger partial charge in [0.15, 0.2) is 0 Å². The SMILES string of the molecule is O=C(NCCCOCCO)c1conc1-c1ccc(Cl)cc1. The zero-order chi connectivity index (χ0) is 15.8. The minimum absolute atomic E-state index is 0.00248. The predicted molar refractivity (Wildman–Crippen MR) is 81.8 cm³/mol. The van der Waals surface area contributed by atoms with Crippen LogP contribution in [0.15, 0.2) is 35.1 Å². The van der Waals surface area contributed by atoms with Gasteiger partial charge in [-0.25, -0.2) is 0 Å². The molecule has 7 heteroatoms. The molecule has 0 saturated heterocycles. The van der Waals surface area contributed by atoms with Gasteiger partial charge in [-0.2, -0.15) is 0 Å². The van der Waals surface area contributed by atoms with Crippen molar-refractivity contribution in [3.05, 3.63) is 41.1 Å². The number of aliphatic hydroxyl groups excluding tert-OH is 1. The van der Waals surface area contributed by atoms with Gasteiger partial charge in [-0.1, -0.05) is 28.9 Å². The topological polar surface area (TPSA) is 84.6 Å². The summed E-state index contributed by atoms with van der Waals surface area (Å²) in [6.45, 7) is 1.25. The molecular formula is C15H17ClN2O4. The van der Waals surface area contributed by atoms with Crippen molar-refractivity contribution in [1.82, 2.24) is 10.5 Å². The van der Waals surface area contributed by atoms with Crippen LogP contribution in [0.4, 0.5) is 0 Å². The number of amides is 1. The molecule has 0 atom stereocenters. The Balaban J connectivity index is 1.91. The molecular weight excluding hydrogens is 308 g/mol. The van der Waals surface area contributed by atoms with Crippen molar-refractivity contribution in [2.75, 3.05) is 26.4 Å². The van der Waals surface area contributed by atoms with Crippen LogP contribution in [-0.2, 0) is 4.74 Å². The standard InChI is InChI=1S/C15H17ClN2O4/c16-12-4-2-11(3-5-12)14-13(10-22-18-14)15(20)17-6-1-8-21-9-7-19/h2-5,10,19H,1,6-9H2,(H,17,20). The Labute approximate surface area is 133 Å². The Morgan fingerprint density at radius 2 is 2.09 bits per heavy atom. The van der Waals surface area contributed by atoms with E-state index in [9.17, 15) is 4.79 Å². The van der Waals surface area contributed by atoms with Crippen LogP contribution in [-0.4, -0.2) is 42.5 Å². The van der Waals surface area contributed by atoms with E-state index in [4.69, 9.17) is 26.0 Å². The molecule has 1 amide bonds. The van der Waals surface area contributed by atoms with Gasteiger partial charge in [-0.05, 0) is 18.6 Å². The van der Waals surface area contributed by atoms with Crippen LogP contribution >= 0.6 is 11.6 Å². The number of aliphatic hydroxyl groups is 1. The molecule has 0 unspecified atom stereocenters. The second-order valence-corrected chi connectivity index (χ2v) is 4.97. The van der Waals surface area contributed by atoms with Gasteiger partial charge in [0.1, 0.15) is 17.5 Å². The molecule has 0 fully saturated rings. The first kappa shape index (κ1) is 16.5. The van der Waals surface area contributed by atoms with Crippen molar-refractivity contribution in [3.8, 4) is 11.3 Å². The number of nitrogens with one attached hydrogen (secondary N) is 1. The highest BCUT2D eigenvalue weighted by Crippen LogP contribution is 2.23. The maximum Gasteiger partial charge on any atom is 0.256 e. The van der Waals surface area contributed by atoms with E-state index in [0.29, 0.717) is 42.5 Å². The molecule has 0 aliphatic carbocycles. The number of nitrogens with zero attached hydrogens (tertiary/aromatic N) is 1. The highest BCUT2D eigenvalue weighted by Gasteiger charge is 2.16. The number of benzene rings is 1. The van der Waals surface area contributed by atoms with Crippen molar-refractivity contribution >= 4 is 17.5 Å². The number of carbonyl (C=O) groups excluding carboxylic acids is 1. The minimum atomic E-state index is -0.256. The van der Waals surface area contributed by atoms with Crippen LogP contribution in [0.3, 0.4) is 0 Å². The zero-order valence-electron chi connectivity index (χ0n) is 11.9. The molecule has 0 aliphatic rings. The Morgan fingerprint density at radius 3 is 2.82 bits per heavy atom. The second kappa shape index (κ2) is 8.53. The third-order valence-electron chi connectivity index (χ3n) is 2.92. The third-order valence-corrected chi connectivity index (χ3v) is 3.17. The largest absolute Gasteiger partial charge is 0.394 e. The lowest BCUT2D eigenvalue weighted by Crippen LogP contribution is -2.25. The summed E-state index contributed by atoms with van der Waals surface area (Å²) in [5.74, 6) is -0.256. The maximum atomic E-state index is 12.1. The molecule has 0 saturated carbocycles. The molecule has 1 aromatic heterocycles. The summed E-state index contributed by atoms with van der Waals surface area (Å²) in [6.07, 6.45) is 1.98. The van der Waals surface area contributed by atoms with E-state index in [1.807, 2.05) is 0 Å². The summed E-state index contributed by atoms with van der Waals surface area (Å²) < 4.78 is 10.0. The van der Waals surface area contributed by atoms with Gasteiger partial charge >= 0.3 is 0 Å². The third kappa shape index (κ3) is 4.56. The monoisotopic (exact) mass is 324 g/mol. The van der Waals surface area contributed by atoms with Gasteiger partial charge in [-0.15, -0.1) is 0 Å². The van der Waals surface area contributed by atoms with Gasteiger partial charge in [0.05, 0.1) is 13.2 Å². The van der Waals surface area contributed by atoms with E-state index < -0.39 is 0 Å². The van der Waals surface area contributed by atoms with Crippen molar-refractivity contribution in [1.29, 1.82) is 0 Å². The summed E-state index contributed by atoms with van der Waals surface area (Å²) in [5, 5.41) is 15.8. The lowest BCUT2D eigenvalue weighted by atomic mass is 10.1. The highest BCUT2D eigenvalue weighted by atomic mass is 35.5. The first-order valence-electron chi connectivity index (χ1n) is 6.89. The quantitative estimate of drug-likeness (QED) is 0.727. The molecule has 2 N–H and O–H groups in total. The number of hydrogen-bond acceptors (Lipinski definition) is 5. The summed E-state index contributed by atoms with van der Waals surface area (Å²) in [7, 11) is 0. The molecule has 2 rings (SSSR count). The molecule has 118 valence electrons. The Bertz CT molecular complexity index is 598. The smallest absolute Gasteiger partial charge is 0.256 e. The summed E-state index contributed by atoms with van der Waals surface area (Å²) in [4.78, 5) is 12.1. The predicted octanol–water partition coefficient (Wildman–Crippen LogP) is 2.12. The fourth-order valence-electron chi connectivity index (χ4n) is 1.85. The van der Waals surface area contributed by atoms with Crippen LogP contribution in [0, 0.1) is 0 Å². The molecule has 0 spiro atoms. The van der Waals surface area contributed by atoms with E-state index in [0.717, 1.165) is 5.56 Å². The number of aromatic nitrogens is 1. The average molecular weight is 325 g/mol. The summed E-state index contributed by atoms with van der Waals surface area (Å²) >= 11 is 5.85. The van der Waals surface area contributed by atoms with Gasteiger partial charge in [0.2, 0.25) is 0 Å².